The van der Waals surface area contributed by atoms with E-state index >= 15 is 0 Å². The molecule has 4 aromatic carbocycles. The lowest BCUT2D eigenvalue weighted by Gasteiger charge is -2.25. The Bertz CT molecular complexity index is 1250. The highest BCUT2D eigenvalue weighted by atomic mass is 31.2. The Balaban J connectivity index is 1.74. The highest BCUT2D eigenvalue weighted by Gasteiger charge is 2.27. The molecule has 0 aliphatic rings. The summed E-state index contributed by atoms with van der Waals surface area (Å²) in [5, 5.41) is 18.2. The number of hydrogen-bond acceptors (Lipinski definition) is 4. The van der Waals surface area contributed by atoms with Gasteiger partial charge in [-0.2, -0.15) is 9.96 Å². The van der Waals surface area contributed by atoms with Crippen LogP contribution in [0.4, 0.5) is 5.69 Å². The second kappa shape index (κ2) is 10.6. The summed E-state index contributed by atoms with van der Waals surface area (Å²) in [6.07, 6.45) is 1.33. The Labute approximate surface area is 197 Å². The summed E-state index contributed by atoms with van der Waals surface area (Å²) >= 11 is 0. The lowest BCUT2D eigenvalue weighted by Crippen LogP contribution is -2.25. The van der Waals surface area contributed by atoms with Crippen LogP contribution in [0.2, 0.25) is 0 Å². The highest BCUT2D eigenvalue weighted by molar-refractivity contribution is 7.87. The van der Waals surface area contributed by atoms with Crippen LogP contribution in [0.25, 0.3) is 0 Å². The summed E-state index contributed by atoms with van der Waals surface area (Å²) in [4.78, 5) is 27.8. The van der Waals surface area contributed by atoms with Crippen molar-refractivity contribution in [3.8, 4) is 0 Å². The molecule has 4 rings (SSSR count). The van der Waals surface area contributed by atoms with Crippen molar-refractivity contribution in [2.24, 2.45) is 9.96 Å². The Morgan fingerprint density at radius 2 is 1.18 bits per heavy atom. The number of nitrogens with zero attached hydrogens (tertiary/aromatic N) is 3. The largest absolute Gasteiger partial charge is 0.293 e. The quantitative estimate of drug-likeness (QED) is 0.160. The van der Waals surface area contributed by atoms with Gasteiger partial charge in [-0.25, -0.2) is 0 Å². The minimum Gasteiger partial charge on any atom is -0.293 e. The minimum absolute atomic E-state index is 0.0111. The van der Waals surface area contributed by atoms with Gasteiger partial charge in [0.2, 0.25) is 0 Å². The number of rotatable bonds is 8. The normalized spacial score (nSPS) is 11.3. The highest BCUT2D eigenvalue weighted by Crippen LogP contribution is 2.46. The van der Waals surface area contributed by atoms with E-state index in [1.165, 1.54) is 18.3 Å². The number of non-ortho nitro benzene ring substituents is 1. The summed E-state index contributed by atoms with van der Waals surface area (Å²) in [5.41, 5.74) is 0.667. The van der Waals surface area contributed by atoms with E-state index in [2.05, 4.69) is 5.10 Å². The van der Waals surface area contributed by atoms with Crippen LogP contribution >= 0.6 is 7.05 Å². The molecule has 7 heteroatoms. The maximum atomic E-state index is 12.6. The zero-order valence-corrected chi connectivity index (χ0v) is 19.2. The molecule has 0 unspecified atom stereocenters. The van der Waals surface area contributed by atoms with Crippen molar-refractivity contribution in [1.82, 2.24) is 0 Å². The van der Waals surface area contributed by atoms with Crippen LogP contribution in [0.1, 0.15) is 5.56 Å². The van der Waals surface area contributed by atoms with Gasteiger partial charge in [-0.15, -0.1) is 0 Å². The molecule has 4 aromatic rings. The maximum absolute atomic E-state index is 12.6. The fourth-order valence-corrected chi connectivity index (χ4v) is 6.90. The molecule has 34 heavy (non-hydrogen) atoms. The molecule has 0 saturated heterocycles. The number of benzene rings is 4. The van der Waals surface area contributed by atoms with Crippen LogP contribution in [-0.2, 0) is 11.2 Å². The molecule has 0 atom stereocenters. The van der Waals surface area contributed by atoms with Crippen molar-refractivity contribution in [1.29, 1.82) is 0 Å². The van der Waals surface area contributed by atoms with E-state index in [0.29, 0.717) is 5.56 Å². The van der Waals surface area contributed by atoms with Crippen LogP contribution in [-0.4, -0.2) is 16.9 Å². The average Bonchev–Trinajstić information content (AvgIpc) is 2.88. The van der Waals surface area contributed by atoms with E-state index in [9.17, 15) is 14.9 Å². The molecule has 0 fully saturated rings. The van der Waals surface area contributed by atoms with E-state index in [1.807, 2.05) is 91.0 Å². The lowest BCUT2D eigenvalue weighted by atomic mass is 10.1. The van der Waals surface area contributed by atoms with Gasteiger partial charge in [0, 0.05) is 34.5 Å². The van der Waals surface area contributed by atoms with Crippen molar-refractivity contribution < 1.29 is 9.72 Å². The second-order valence-electron chi connectivity index (χ2n) is 7.54. The number of ketones is 1. The molecule has 0 radical (unpaired) electrons. The van der Waals surface area contributed by atoms with Crippen LogP contribution in [0.15, 0.2) is 125 Å². The third kappa shape index (κ3) is 5.08. The van der Waals surface area contributed by atoms with Crippen molar-refractivity contribution in [3.05, 3.63) is 131 Å². The first-order valence-electron chi connectivity index (χ1n) is 10.7. The molecule has 0 N–H and O–H groups in total. The summed E-state index contributed by atoms with van der Waals surface area (Å²) in [6, 6.07) is 36.0. The summed E-state index contributed by atoms with van der Waals surface area (Å²) in [7, 11) is -2.51. The minimum atomic E-state index is -2.51. The first-order valence-corrected chi connectivity index (χ1v) is 12.4. The zero-order valence-electron chi connectivity index (χ0n) is 18.3. The summed E-state index contributed by atoms with van der Waals surface area (Å²) in [6.45, 7) is 0. The van der Waals surface area contributed by atoms with Crippen molar-refractivity contribution in [3.63, 3.8) is 0 Å². The molecule has 0 aliphatic heterocycles. The van der Waals surface area contributed by atoms with Crippen LogP contribution in [0.5, 0.6) is 0 Å². The van der Waals surface area contributed by atoms with Crippen molar-refractivity contribution in [2.45, 2.75) is 6.42 Å². The molecule has 168 valence electrons. The third-order valence-electron chi connectivity index (χ3n) is 5.30. The lowest BCUT2D eigenvalue weighted by molar-refractivity contribution is -0.384. The van der Waals surface area contributed by atoms with Gasteiger partial charge < -0.3 is 0 Å². The number of nitro benzene ring substituents is 1. The van der Waals surface area contributed by atoms with Crippen molar-refractivity contribution in [2.75, 3.05) is 0 Å². The van der Waals surface area contributed by atoms with E-state index in [1.54, 1.807) is 12.1 Å². The van der Waals surface area contributed by atoms with Gasteiger partial charge in [-0.05, 0) is 5.56 Å². The Hall–Kier alpha value is -4.15. The molecule has 0 aromatic heterocycles. The molecular weight excluding hydrogens is 445 g/mol. The van der Waals surface area contributed by atoms with Gasteiger partial charge in [-0.3, -0.25) is 14.9 Å². The van der Waals surface area contributed by atoms with Crippen LogP contribution in [0, 0.1) is 10.1 Å². The molecule has 0 aliphatic carbocycles. The second-order valence-corrected chi connectivity index (χ2v) is 10.5. The summed E-state index contributed by atoms with van der Waals surface area (Å²) in [5.74, 6) is -0.232. The Morgan fingerprint density at radius 3 is 1.59 bits per heavy atom. The van der Waals surface area contributed by atoms with Crippen molar-refractivity contribution >= 4 is 40.7 Å². The topological polar surface area (TPSA) is 84.9 Å². The number of hydrogen-bond donors (Lipinski definition) is 0. The number of nitro groups is 1. The van der Waals surface area contributed by atoms with Crippen LogP contribution in [0.3, 0.4) is 0 Å². The fraction of sp³-hybridized carbons (Fsp3) is 0.0370. The predicted molar refractivity (Wildman–Crippen MR) is 138 cm³/mol. The monoisotopic (exact) mass is 467 g/mol. The maximum Gasteiger partial charge on any atom is 0.269 e. The smallest absolute Gasteiger partial charge is 0.269 e. The first kappa shape index (κ1) is 23.0. The molecule has 0 heterocycles. The summed E-state index contributed by atoms with van der Waals surface area (Å²) < 4.78 is 0. The van der Waals surface area contributed by atoms with Gasteiger partial charge in [0.25, 0.3) is 5.69 Å². The van der Waals surface area contributed by atoms with E-state index in [-0.39, 0.29) is 17.9 Å². The molecule has 0 amide bonds. The van der Waals surface area contributed by atoms with Gasteiger partial charge in [0.1, 0.15) is 0 Å². The Kier molecular flexibility index (Phi) is 7.21. The average molecular weight is 467 g/mol. The van der Waals surface area contributed by atoms with Gasteiger partial charge in [0.05, 0.1) is 18.2 Å². The first-order chi connectivity index (χ1) is 16.6. The molecule has 0 saturated carbocycles. The SMILES string of the molecule is O=C(C=NN=P(c1ccccc1)(c1ccccc1)c1ccccc1)Cc1ccc([N+](=O)[O-])cc1. The molecule has 0 spiro atoms. The molecule has 0 bridgehead atoms. The van der Waals surface area contributed by atoms with Gasteiger partial charge >= 0.3 is 0 Å². The Morgan fingerprint density at radius 1 is 0.735 bits per heavy atom. The number of carbonyl (C=O) groups is 1. The molecular formula is C27H22N3O3P. The fourth-order valence-electron chi connectivity index (χ4n) is 3.68. The standard InChI is InChI=1S/C27H22N3O3P/c31-24(20-22-16-18-23(19-17-22)30(32)33)21-28-29-34(25-10-4-1-5-11-25,26-12-6-2-7-13-26)27-14-8-3-9-15-27/h1-19,21H,20H2. The van der Waals surface area contributed by atoms with E-state index in [4.69, 9.17) is 4.85 Å². The zero-order chi connectivity index (χ0) is 23.8. The third-order valence-corrected chi connectivity index (χ3v) is 8.81. The van der Waals surface area contributed by atoms with Gasteiger partial charge in [0.15, 0.2) is 5.78 Å². The number of Topliss-reactive ketones (excluding diaryl/α,β-unsaturated/α-hetero) is 1. The molecule has 6 nitrogen and oxygen atoms in total. The van der Waals surface area contributed by atoms with Gasteiger partial charge in [-0.1, -0.05) is 103 Å². The van der Waals surface area contributed by atoms with E-state index in [0.717, 1.165) is 15.9 Å². The number of carbonyl (C=O) groups excluding carboxylic acids is 1. The van der Waals surface area contributed by atoms with Crippen LogP contribution < -0.4 is 15.9 Å². The van der Waals surface area contributed by atoms with E-state index < -0.39 is 12.0 Å². The predicted octanol–water partition coefficient (Wildman–Crippen LogP) is 4.87.